The molecule has 1 atom stereocenters. The SMILES string of the molecule is Fc1ccc(-c2noc(-c3ncn4c3CO[C@H](c3ccccc3Cl)C4)n2)cc1. The minimum absolute atomic E-state index is 0.152. The van der Waals surface area contributed by atoms with Crippen LogP contribution < -0.4 is 0 Å². The molecule has 0 spiro atoms. The van der Waals surface area contributed by atoms with Crippen LogP contribution in [0.25, 0.3) is 23.0 Å². The van der Waals surface area contributed by atoms with Gasteiger partial charge >= 0.3 is 0 Å². The minimum Gasteiger partial charge on any atom is -0.365 e. The zero-order valence-corrected chi connectivity index (χ0v) is 15.3. The van der Waals surface area contributed by atoms with Crippen LogP contribution in [-0.4, -0.2) is 19.7 Å². The zero-order chi connectivity index (χ0) is 19.1. The molecule has 0 bridgehead atoms. The molecule has 0 saturated heterocycles. The molecule has 1 aliphatic heterocycles. The number of hydrogen-bond donors (Lipinski definition) is 0. The lowest BCUT2D eigenvalue weighted by atomic mass is 10.1. The van der Waals surface area contributed by atoms with Crippen molar-refractivity contribution in [3.8, 4) is 23.0 Å². The van der Waals surface area contributed by atoms with Gasteiger partial charge in [-0.05, 0) is 30.3 Å². The second kappa shape index (κ2) is 6.85. The Morgan fingerprint density at radius 2 is 1.93 bits per heavy atom. The van der Waals surface area contributed by atoms with Gasteiger partial charge in [0.1, 0.15) is 11.9 Å². The van der Waals surface area contributed by atoms with Gasteiger partial charge in [-0.3, -0.25) is 0 Å². The van der Waals surface area contributed by atoms with Crippen LogP contribution in [-0.2, 0) is 17.9 Å². The van der Waals surface area contributed by atoms with Crippen LogP contribution in [0.2, 0.25) is 5.02 Å². The van der Waals surface area contributed by atoms with E-state index in [2.05, 4.69) is 15.1 Å². The van der Waals surface area contributed by atoms with Crippen molar-refractivity contribution < 1.29 is 13.7 Å². The molecule has 3 heterocycles. The minimum atomic E-state index is -0.319. The summed E-state index contributed by atoms with van der Waals surface area (Å²) in [5, 5.41) is 4.66. The van der Waals surface area contributed by atoms with Crippen molar-refractivity contribution in [3.05, 3.63) is 77.0 Å². The summed E-state index contributed by atoms with van der Waals surface area (Å²) in [5.74, 6) is 0.358. The van der Waals surface area contributed by atoms with E-state index in [1.54, 1.807) is 18.5 Å². The summed E-state index contributed by atoms with van der Waals surface area (Å²) in [6, 6.07) is 13.6. The van der Waals surface area contributed by atoms with E-state index in [1.807, 2.05) is 28.8 Å². The molecule has 0 fully saturated rings. The van der Waals surface area contributed by atoms with Gasteiger partial charge in [0.15, 0.2) is 5.69 Å². The van der Waals surface area contributed by atoms with Crippen LogP contribution >= 0.6 is 11.6 Å². The molecule has 0 saturated carbocycles. The molecular formula is C20H14ClFN4O2. The number of benzene rings is 2. The molecular weight excluding hydrogens is 383 g/mol. The van der Waals surface area contributed by atoms with Crippen LogP contribution in [0.15, 0.2) is 59.4 Å². The normalized spacial score (nSPS) is 16.1. The first kappa shape index (κ1) is 17.1. The molecule has 8 heteroatoms. The standard InChI is InChI=1S/C20H14ClFN4O2/c21-15-4-2-1-3-14(15)17-9-26-11-23-18(16(26)10-27-17)20-24-19(25-28-20)12-5-7-13(22)8-6-12/h1-8,11,17H,9-10H2/t17-/m0/s1. The first-order valence-corrected chi connectivity index (χ1v) is 9.07. The van der Waals surface area contributed by atoms with Crippen molar-refractivity contribution in [2.75, 3.05) is 0 Å². The lowest BCUT2D eigenvalue weighted by molar-refractivity contribution is 0.00336. The van der Waals surface area contributed by atoms with E-state index < -0.39 is 0 Å². The van der Waals surface area contributed by atoms with Crippen molar-refractivity contribution in [1.29, 1.82) is 0 Å². The van der Waals surface area contributed by atoms with E-state index in [4.69, 9.17) is 20.9 Å². The summed E-state index contributed by atoms with van der Waals surface area (Å²) in [4.78, 5) is 8.83. The highest BCUT2D eigenvalue weighted by Crippen LogP contribution is 2.34. The Labute approximate surface area is 164 Å². The van der Waals surface area contributed by atoms with Crippen LogP contribution in [0.4, 0.5) is 4.39 Å². The number of fused-ring (bicyclic) bond motifs is 1. The van der Waals surface area contributed by atoms with Crippen molar-refractivity contribution in [3.63, 3.8) is 0 Å². The van der Waals surface area contributed by atoms with Gasteiger partial charge in [-0.25, -0.2) is 9.37 Å². The van der Waals surface area contributed by atoms with Gasteiger partial charge in [0, 0.05) is 16.1 Å². The molecule has 5 rings (SSSR count). The highest BCUT2D eigenvalue weighted by Gasteiger charge is 2.27. The third-order valence-electron chi connectivity index (χ3n) is 4.71. The maximum Gasteiger partial charge on any atom is 0.278 e. The molecule has 2 aromatic heterocycles. The summed E-state index contributed by atoms with van der Waals surface area (Å²) in [7, 11) is 0. The number of ether oxygens (including phenoxy) is 1. The number of imidazole rings is 1. The molecule has 0 unspecified atom stereocenters. The average molecular weight is 397 g/mol. The fraction of sp³-hybridized carbons (Fsp3) is 0.150. The Kier molecular flexibility index (Phi) is 4.18. The van der Waals surface area contributed by atoms with Crippen molar-refractivity contribution in [2.45, 2.75) is 19.3 Å². The summed E-state index contributed by atoms with van der Waals surface area (Å²) in [6.45, 7) is 0.935. The summed E-state index contributed by atoms with van der Waals surface area (Å²) in [6.07, 6.45) is 1.58. The number of halogens is 2. The van der Waals surface area contributed by atoms with Gasteiger partial charge in [-0.2, -0.15) is 4.98 Å². The summed E-state index contributed by atoms with van der Waals surface area (Å²) in [5.41, 5.74) is 3.05. The molecule has 0 amide bonds. The summed E-state index contributed by atoms with van der Waals surface area (Å²) < 4.78 is 26.5. The molecule has 140 valence electrons. The molecule has 4 aromatic rings. The molecule has 2 aromatic carbocycles. The third-order valence-corrected chi connectivity index (χ3v) is 5.06. The topological polar surface area (TPSA) is 66.0 Å². The molecule has 0 radical (unpaired) electrons. The molecule has 1 aliphatic rings. The van der Waals surface area contributed by atoms with E-state index in [-0.39, 0.29) is 11.9 Å². The van der Waals surface area contributed by atoms with Crippen LogP contribution in [0.1, 0.15) is 17.4 Å². The van der Waals surface area contributed by atoms with Crippen molar-refractivity contribution >= 4 is 11.6 Å². The number of hydrogen-bond acceptors (Lipinski definition) is 5. The molecule has 6 nitrogen and oxygen atoms in total. The van der Waals surface area contributed by atoms with Crippen molar-refractivity contribution in [1.82, 2.24) is 19.7 Å². The Balaban J connectivity index is 1.43. The van der Waals surface area contributed by atoms with Crippen LogP contribution in [0, 0.1) is 5.82 Å². The second-order valence-corrected chi connectivity index (χ2v) is 6.85. The largest absolute Gasteiger partial charge is 0.365 e. The highest BCUT2D eigenvalue weighted by molar-refractivity contribution is 6.31. The van der Waals surface area contributed by atoms with Gasteiger partial charge in [0.05, 0.1) is 25.2 Å². The Morgan fingerprint density at radius 3 is 2.75 bits per heavy atom. The average Bonchev–Trinajstić information content (AvgIpc) is 3.35. The van der Waals surface area contributed by atoms with E-state index in [1.165, 1.54) is 12.1 Å². The fourth-order valence-electron chi connectivity index (χ4n) is 3.27. The van der Waals surface area contributed by atoms with E-state index in [0.29, 0.717) is 41.1 Å². The molecule has 28 heavy (non-hydrogen) atoms. The first-order chi connectivity index (χ1) is 13.7. The first-order valence-electron chi connectivity index (χ1n) is 8.69. The van der Waals surface area contributed by atoms with Gasteiger partial charge in [0.2, 0.25) is 5.82 Å². The lowest BCUT2D eigenvalue weighted by Crippen LogP contribution is -2.20. The van der Waals surface area contributed by atoms with E-state index in [0.717, 1.165) is 11.3 Å². The van der Waals surface area contributed by atoms with Crippen molar-refractivity contribution in [2.24, 2.45) is 0 Å². The monoisotopic (exact) mass is 396 g/mol. The van der Waals surface area contributed by atoms with Gasteiger partial charge in [-0.15, -0.1) is 0 Å². The summed E-state index contributed by atoms with van der Waals surface area (Å²) >= 11 is 6.29. The van der Waals surface area contributed by atoms with Gasteiger partial charge in [-0.1, -0.05) is 35.0 Å². The number of nitrogens with zero attached hydrogens (tertiary/aromatic N) is 4. The lowest BCUT2D eigenvalue weighted by Gasteiger charge is -2.26. The fourth-order valence-corrected chi connectivity index (χ4v) is 3.52. The predicted molar refractivity (Wildman–Crippen MR) is 99.9 cm³/mol. The van der Waals surface area contributed by atoms with Crippen LogP contribution in [0.5, 0.6) is 0 Å². The highest BCUT2D eigenvalue weighted by atomic mass is 35.5. The van der Waals surface area contributed by atoms with E-state index in [9.17, 15) is 4.39 Å². The van der Waals surface area contributed by atoms with Gasteiger partial charge < -0.3 is 13.8 Å². The smallest absolute Gasteiger partial charge is 0.278 e. The maximum absolute atomic E-state index is 13.1. The molecule has 0 N–H and O–H groups in total. The second-order valence-electron chi connectivity index (χ2n) is 6.44. The molecule has 0 aliphatic carbocycles. The maximum atomic E-state index is 13.1. The van der Waals surface area contributed by atoms with E-state index >= 15 is 0 Å². The Hall–Kier alpha value is -3.03. The Bertz CT molecular complexity index is 1140. The Morgan fingerprint density at radius 1 is 1.11 bits per heavy atom. The third kappa shape index (κ3) is 2.98. The zero-order valence-electron chi connectivity index (χ0n) is 14.5. The predicted octanol–water partition coefficient (Wildman–Crippen LogP) is 4.66. The van der Waals surface area contributed by atoms with Crippen LogP contribution in [0.3, 0.4) is 0 Å². The number of rotatable bonds is 3. The number of aromatic nitrogens is 4. The quantitative estimate of drug-likeness (QED) is 0.503. The van der Waals surface area contributed by atoms with Gasteiger partial charge in [0.25, 0.3) is 5.89 Å².